The number of imidazole rings is 1. The van der Waals surface area contributed by atoms with E-state index in [0.29, 0.717) is 22.3 Å². The van der Waals surface area contributed by atoms with E-state index in [0.717, 1.165) is 24.7 Å². The molecule has 2 fully saturated rings. The van der Waals surface area contributed by atoms with Gasteiger partial charge in [-0.05, 0) is 49.9 Å². The molecule has 38 nitrogen and oxygen atoms in total. The van der Waals surface area contributed by atoms with Gasteiger partial charge in [-0.1, -0.05) is 6.92 Å². The van der Waals surface area contributed by atoms with E-state index in [4.69, 9.17) is 51.4 Å². The number of rotatable bonds is 35. The first kappa shape index (κ1) is 80.9. The molecule has 6 heterocycles. The van der Waals surface area contributed by atoms with Crippen LogP contribution in [0.5, 0.6) is 0 Å². The van der Waals surface area contributed by atoms with E-state index in [1.807, 2.05) is 0 Å². The van der Waals surface area contributed by atoms with E-state index < -0.39 is 195 Å². The van der Waals surface area contributed by atoms with E-state index in [2.05, 4.69) is 74.3 Å². The molecule has 6 rings (SSSR count). The van der Waals surface area contributed by atoms with Gasteiger partial charge in [-0.15, -0.1) is 22.7 Å². The molecular weight excluding hydrogens is 1390 g/mol. The van der Waals surface area contributed by atoms with Crippen LogP contribution in [0.2, 0.25) is 0 Å². The number of H-pyrrole nitrogens is 1. The van der Waals surface area contributed by atoms with Crippen LogP contribution < -0.4 is 58.7 Å². The van der Waals surface area contributed by atoms with Crippen molar-refractivity contribution < 1.29 is 121 Å². The fraction of sp³-hybridized carbons (Fsp3) is 0.618. The molecule has 2 aliphatic heterocycles. The summed E-state index contributed by atoms with van der Waals surface area (Å²) >= 11 is 2.52. The summed E-state index contributed by atoms with van der Waals surface area (Å²) in [4.78, 5) is 94.4. The molecule has 0 spiro atoms. The van der Waals surface area contributed by atoms with Crippen LogP contribution in [0.4, 0.5) is 5.82 Å². The summed E-state index contributed by atoms with van der Waals surface area (Å²) in [5.41, 5.74) is 11.8. The zero-order chi connectivity index (χ0) is 71.0. The van der Waals surface area contributed by atoms with Crippen molar-refractivity contribution in [1.82, 2.24) is 61.8 Å². The average molecular weight is 1470 g/mol. The van der Waals surface area contributed by atoms with Crippen molar-refractivity contribution in [2.75, 3.05) is 56.8 Å². The molecule has 5 amide bonds. The Hall–Kier alpha value is -6.78. The third-order valence-corrected chi connectivity index (χ3v) is 18.1. The second-order valence-electron chi connectivity index (χ2n) is 22.7. The fourth-order valence-electron chi connectivity index (χ4n) is 9.76. The third-order valence-electron chi connectivity index (χ3n) is 15.2. The van der Waals surface area contributed by atoms with Gasteiger partial charge in [-0.3, -0.25) is 29.4 Å². The van der Waals surface area contributed by atoms with Gasteiger partial charge in [-0.2, -0.15) is 0 Å². The molecule has 19 atom stereocenters. The van der Waals surface area contributed by atoms with Gasteiger partial charge in [0.05, 0.1) is 91.4 Å². The topological polar surface area (TPSA) is 639 Å². The average Bonchev–Trinajstić information content (AvgIpc) is 1.16. The Balaban J connectivity index is 0.0000170. The van der Waals surface area contributed by atoms with Gasteiger partial charge < -0.3 is 139 Å². The number of carbonyl (C=O) groups is 5. The minimum absolute atomic E-state index is 0. The van der Waals surface area contributed by atoms with E-state index >= 15 is 4.79 Å². The molecule has 19 unspecified atom stereocenters. The Morgan fingerprint density at radius 3 is 2.11 bits per heavy atom. The van der Waals surface area contributed by atoms with Crippen LogP contribution in [-0.4, -0.2) is 267 Å². The number of nitrogens with zero attached hydrogens (tertiary/aromatic N) is 5. The number of aliphatic hydroxyl groups is 8. The summed E-state index contributed by atoms with van der Waals surface area (Å²) in [7, 11) is 0.251. The predicted molar refractivity (Wildman–Crippen MR) is 334 cm³/mol. The van der Waals surface area contributed by atoms with E-state index in [-0.39, 0.29) is 69.6 Å². The van der Waals surface area contributed by atoms with Gasteiger partial charge in [-0.25, -0.2) is 24.9 Å². The van der Waals surface area contributed by atoms with Crippen molar-refractivity contribution in [1.29, 1.82) is 16.2 Å². The number of nitrogens with one attached hydrogen (secondary N) is 10. The predicted octanol–water partition coefficient (Wildman–Crippen LogP) is -8.79. The summed E-state index contributed by atoms with van der Waals surface area (Å²) in [5, 5.41) is 166. The first-order valence-electron chi connectivity index (χ1n) is 29.7. The van der Waals surface area contributed by atoms with Crippen molar-refractivity contribution in [2.24, 2.45) is 11.7 Å². The smallest absolute Gasteiger partial charge is 0.862 e. The largest absolute Gasteiger partial charge is 2.00 e. The molecular formula is C55H81FeN17O21S3. The van der Waals surface area contributed by atoms with Gasteiger partial charge in [0.1, 0.15) is 100 Å². The molecule has 2 saturated heterocycles. The molecule has 4 aromatic rings. The maximum absolute atomic E-state index is 15.2. The van der Waals surface area contributed by atoms with Crippen LogP contribution in [0.3, 0.4) is 0 Å². The molecule has 22 N–H and O–H groups in total. The van der Waals surface area contributed by atoms with Crippen LogP contribution in [0.1, 0.15) is 88.8 Å². The summed E-state index contributed by atoms with van der Waals surface area (Å²) in [5.74, 6) is -8.41. The van der Waals surface area contributed by atoms with E-state index in [1.54, 1.807) is 10.8 Å². The van der Waals surface area contributed by atoms with Gasteiger partial charge in [0.25, 0.3) is 11.8 Å². The molecule has 97 heavy (non-hydrogen) atoms. The number of ether oxygens (including phenoxy) is 5. The first-order valence-corrected chi connectivity index (χ1v) is 33.7. The molecule has 2 aliphatic rings. The van der Waals surface area contributed by atoms with Crippen molar-refractivity contribution in [3.8, 4) is 10.7 Å². The van der Waals surface area contributed by atoms with Crippen LogP contribution >= 0.6 is 22.7 Å². The van der Waals surface area contributed by atoms with Gasteiger partial charge >= 0.3 is 17.1 Å². The second kappa shape index (κ2) is 37.4. The Morgan fingerprint density at radius 1 is 0.814 bits per heavy atom. The third kappa shape index (κ3) is 21.9. The number of amides is 5. The fourth-order valence-corrected chi connectivity index (χ4v) is 12.1. The summed E-state index contributed by atoms with van der Waals surface area (Å²) < 4.78 is 28.5. The zero-order valence-electron chi connectivity index (χ0n) is 53.0. The Morgan fingerprint density at radius 2 is 1.49 bits per heavy atom. The molecule has 0 bridgehead atoms. The number of carbonyl (C=O) groups excluding carboxylic acids is 5. The van der Waals surface area contributed by atoms with Gasteiger partial charge in [0.15, 0.2) is 12.6 Å². The Labute approximate surface area is 575 Å². The second-order valence-corrected chi connectivity index (χ2v) is 26.9. The molecule has 42 heteroatoms. The van der Waals surface area contributed by atoms with Crippen LogP contribution in [-0.2, 0) is 72.5 Å². The number of aliphatic hydroxyl groups excluding tert-OH is 8. The standard InChI is InChI=1S/C55H83N17O21S3.Fe/c1-20-33(69-46(72-44(20)58)25(12-31(57)76)64-13-24(56)45(59)82)50(86)71-35(41(26-14-61-19-65-26)91-54-43(39(80)37(78)29(15-73)90-54)92-53-40(81)42(93-55(60)88)38(79)30(16-74)89-53)51(87)66-22(3)36(77)21(2)47(83)70-34(23(4)75)49(85)63-10-8-32-67-28(18-94-32)52-68-27(17-95-52)48(84)62-9-7-11-96(5)6;/h14,17-19,21-25,29-30,34-43,53-54,64,73-75,77-81H,7-13,15-16,56H2,1-6H3,(H13-,57,58,59,60,61,62,63,65,66,69,70,71,72,76,82,83,84,85,86,87,88);/q;+2/p-2. The normalized spacial score (nSPS) is 23.8. The number of hydrogen-bond acceptors (Lipinski definition) is 34. The van der Waals surface area contributed by atoms with Crippen LogP contribution in [0.15, 0.2) is 23.3 Å². The van der Waals surface area contributed by atoms with Crippen molar-refractivity contribution in [2.45, 2.75) is 157 Å². The molecule has 538 valence electrons. The minimum Gasteiger partial charge on any atom is -0.862 e. The number of anilines is 1. The SMILES string of the molecule is Cc1c(N)nc(C(CC(=N)[O-])NCC(N)C(=N)[O-])nc1C(=O)NC(C(=O)NC(C)C(O)C(C)C(=O)NC(C(=O)NCCc1nc(-c2nc(C(=O)NCCC[S+](C)C)cs2)cs1)C(C)O)C(OC1OC(CO)C(O)C(O)C1OC1OC(CO)C(O)C(OC(=N)[O-])C1O)c1cnc[nH]1.[Fe+2]. The number of nitrogens with two attached hydrogens (primary N) is 2. The quantitative estimate of drug-likeness (QED) is 0.00669. The molecule has 0 saturated carbocycles. The number of hydrogen-bond donors (Lipinski definition) is 20. The van der Waals surface area contributed by atoms with E-state index in [1.165, 1.54) is 50.4 Å². The zero-order valence-corrected chi connectivity index (χ0v) is 56.6. The van der Waals surface area contributed by atoms with E-state index in [9.17, 15) is 75.3 Å². The molecule has 0 aromatic carbocycles. The maximum atomic E-state index is 15.2. The molecule has 0 radical (unpaired) electrons. The summed E-state index contributed by atoms with van der Waals surface area (Å²) in [6, 6.07) is -8.12. The Kier molecular flexibility index (Phi) is 31.2. The number of thiazole rings is 2. The van der Waals surface area contributed by atoms with Crippen molar-refractivity contribution in [3.63, 3.8) is 0 Å². The number of aromatic amines is 1. The molecule has 0 aliphatic carbocycles. The monoisotopic (exact) mass is 1470 g/mol. The van der Waals surface area contributed by atoms with Gasteiger partial charge in [0, 0.05) is 54.8 Å². The summed E-state index contributed by atoms with van der Waals surface area (Å²) in [6.07, 6.45) is -20.8. The van der Waals surface area contributed by atoms with Crippen molar-refractivity contribution >= 4 is 86.8 Å². The number of nitrogen functional groups attached to an aromatic ring is 1. The van der Waals surface area contributed by atoms with Gasteiger partial charge in [0.2, 0.25) is 17.7 Å². The molecule has 4 aromatic heterocycles. The maximum Gasteiger partial charge on any atom is 2.00 e. The Bertz CT molecular complexity index is 3290. The first-order chi connectivity index (χ1) is 45.3. The number of aromatic nitrogens is 6. The summed E-state index contributed by atoms with van der Waals surface area (Å²) in [6.45, 7) is 2.98. The van der Waals surface area contributed by atoms with Crippen LogP contribution in [0.25, 0.3) is 10.7 Å². The minimum atomic E-state index is -2.22. The van der Waals surface area contributed by atoms with Crippen LogP contribution in [0, 0.1) is 29.1 Å². The van der Waals surface area contributed by atoms with Crippen molar-refractivity contribution in [3.05, 3.63) is 56.8 Å².